The lowest BCUT2D eigenvalue weighted by molar-refractivity contribution is -0.143. The number of thioether (sulfide) groups is 1. The molecule has 2 N–H and O–H groups in total. The van der Waals surface area contributed by atoms with E-state index in [-0.39, 0.29) is 11.2 Å². The van der Waals surface area contributed by atoms with Gasteiger partial charge in [0.05, 0.1) is 11.9 Å². The van der Waals surface area contributed by atoms with Crippen LogP contribution in [0.2, 0.25) is 0 Å². The predicted molar refractivity (Wildman–Crippen MR) is 88.9 cm³/mol. The number of hydrogen-bond acceptors (Lipinski definition) is 4. The Labute approximate surface area is 130 Å². The lowest BCUT2D eigenvalue weighted by atomic mass is 10.1. The summed E-state index contributed by atoms with van der Waals surface area (Å²) in [5, 5.41) is -0.178. The van der Waals surface area contributed by atoms with Crippen LogP contribution in [0.1, 0.15) is 31.9 Å². The van der Waals surface area contributed by atoms with E-state index in [1.807, 2.05) is 45.0 Å². The van der Waals surface area contributed by atoms with Crippen LogP contribution in [0.5, 0.6) is 0 Å². The molecule has 20 heavy (non-hydrogen) atoms. The molecular formula is C15H21NO2S2. The second-order valence-corrected chi connectivity index (χ2v) is 6.81. The Morgan fingerprint density at radius 3 is 2.70 bits per heavy atom. The lowest BCUT2D eigenvalue weighted by Crippen LogP contribution is -2.19. The lowest BCUT2D eigenvalue weighted by Gasteiger charge is -2.13. The third kappa shape index (κ3) is 5.92. The molecule has 1 unspecified atom stereocenters. The fourth-order valence-electron chi connectivity index (χ4n) is 1.47. The van der Waals surface area contributed by atoms with Crippen LogP contribution in [0.4, 0.5) is 0 Å². The quantitative estimate of drug-likeness (QED) is 0.619. The van der Waals surface area contributed by atoms with Crippen molar-refractivity contribution in [3.05, 3.63) is 35.4 Å². The summed E-state index contributed by atoms with van der Waals surface area (Å²) < 4.78 is 5.22. The molecule has 0 bridgehead atoms. The zero-order valence-electron chi connectivity index (χ0n) is 12.1. The smallest absolute Gasteiger partial charge is 0.318 e. The van der Waals surface area contributed by atoms with Gasteiger partial charge in [-0.2, -0.15) is 0 Å². The van der Waals surface area contributed by atoms with E-state index in [2.05, 4.69) is 0 Å². The van der Waals surface area contributed by atoms with Gasteiger partial charge < -0.3 is 10.5 Å². The molecule has 0 saturated heterocycles. The summed E-state index contributed by atoms with van der Waals surface area (Å²) in [5.41, 5.74) is 7.56. The summed E-state index contributed by atoms with van der Waals surface area (Å²) in [6.07, 6.45) is 0. The molecule has 1 aromatic rings. The van der Waals surface area contributed by atoms with Crippen LogP contribution >= 0.6 is 24.0 Å². The van der Waals surface area contributed by atoms with E-state index in [9.17, 15) is 4.79 Å². The van der Waals surface area contributed by atoms with Crippen molar-refractivity contribution in [2.75, 3.05) is 6.61 Å². The summed E-state index contributed by atoms with van der Waals surface area (Å²) >= 11 is 6.51. The molecule has 0 aliphatic heterocycles. The van der Waals surface area contributed by atoms with Gasteiger partial charge in [-0.1, -0.05) is 44.3 Å². The van der Waals surface area contributed by atoms with Crippen molar-refractivity contribution in [1.29, 1.82) is 0 Å². The highest BCUT2D eigenvalue weighted by Crippen LogP contribution is 2.19. The van der Waals surface area contributed by atoms with Crippen molar-refractivity contribution in [2.24, 2.45) is 11.7 Å². The number of hydrogen-bond donors (Lipinski definition) is 1. The summed E-state index contributed by atoms with van der Waals surface area (Å²) in [7, 11) is 0. The Morgan fingerprint density at radius 2 is 2.10 bits per heavy atom. The van der Waals surface area contributed by atoms with Crippen molar-refractivity contribution < 1.29 is 9.53 Å². The third-order valence-corrected chi connectivity index (χ3v) is 4.03. The first-order valence-electron chi connectivity index (χ1n) is 6.57. The van der Waals surface area contributed by atoms with Crippen molar-refractivity contribution in [2.45, 2.75) is 31.8 Å². The van der Waals surface area contributed by atoms with Gasteiger partial charge in [0.25, 0.3) is 0 Å². The maximum atomic E-state index is 11.8. The van der Waals surface area contributed by atoms with Gasteiger partial charge >= 0.3 is 5.97 Å². The predicted octanol–water partition coefficient (Wildman–Crippen LogP) is 3.14. The Morgan fingerprint density at radius 1 is 1.40 bits per heavy atom. The van der Waals surface area contributed by atoms with Crippen LogP contribution in [-0.2, 0) is 15.3 Å². The van der Waals surface area contributed by atoms with E-state index < -0.39 is 0 Å². The monoisotopic (exact) mass is 311 g/mol. The van der Waals surface area contributed by atoms with Gasteiger partial charge in [0.1, 0.15) is 4.99 Å². The van der Waals surface area contributed by atoms with Gasteiger partial charge in [-0.3, -0.25) is 4.79 Å². The van der Waals surface area contributed by atoms with Crippen LogP contribution in [-0.4, -0.2) is 22.8 Å². The van der Waals surface area contributed by atoms with Gasteiger partial charge in [-0.15, -0.1) is 11.8 Å². The average molecular weight is 311 g/mol. The molecule has 0 aromatic heterocycles. The fraction of sp³-hybridized carbons (Fsp3) is 0.467. The molecule has 0 amide bonds. The number of nitrogens with two attached hydrogens (primary N) is 1. The topological polar surface area (TPSA) is 52.3 Å². The van der Waals surface area contributed by atoms with E-state index in [1.54, 1.807) is 11.8 Å². The molecule has 0 aliphatic rings. The number of esters is 1. The van der Waals surface area contributed by atoms with Gasteiger partial charge in [0.2, 0.25) is 0 Å². The molecule has 0 spiro atoms. The first kappa shape index (κ1) is 17.0. The number of carbonyl (C=O) groups excluding carboxylic acids is 1. The Balaban J connectivity index is 2.48. The van der Waals surface area contributed by atoms with Crippen molar-refractivity contribution in [1.82, 2.24) is 0 Å². The molecule has 0 aliphatic carbocycles. The Kier molecular flexibility index (Phi) is 7.02. The van der Waals surface area contributed by atoms with E-state index in [4.69, 9.17) is 22.7 Å². The zero-order chi connectivity index (χ0) is 15.1. The van der Waals surface area contributed by atoms with Crippen LogP contribution in [0, 0.1) is 5.92 Å². The number of benzene rings is 1. The maximum absolute atomic E-state index is 11.8. The molecule has 1 rings (SSSR count). The largest absolute Gasteiger partial charge is 0.465 e. The van der Waals surface area contributed by atoms with Crippen molar-refractivity contribution in [3.8, 4) is 0 Å². The summed E-state index contributed by atoms with van der Waals surface area (Å²) in [4.78, 5) is 12.2. The molecule has 0 radical (unpaired) electrons. The molecule has 0 saturated carbocycles. The number of rotatable bonds is 7. The van der Waals surface area contributed by atoms with Crippen LogP contribution in [0.25, 0.3) is 0 Å². The normalized spacial score (nSPS) is 12.2. The summed E-state index contributed by atoms with van der Waals surface area (Å²) in [5.74, 6) is 0.932. The van der Waals surface area contributed by atoms with Gasteiger partial charge in [-0.05, 0) is 24.5 Å². The molecule has 3 nitrogen and oxygen atoms in total. The number of ether oxygens (including phenoxy) is 1. The Hall–Kier alpha value is -1.07. The highest BCUT2D eigenvalue weighted by atomic mass is 32.2. The van der Waals surface area contributed by atoms with Crippen LogP contribution < -0.4 is 5.73 Å². The maximum Gasteiger partial charge on any atom is 0.318 e. The van der Waals surface area contributed by atoms with Gasteiger partial charge in [-0.25, -0.2) is 0 Å². The minimum atomic E-state index is -0.178. The van der Waals surface area contributed by atoms with Gasteiger partial charge in [0, 0.05) is 11.3 Å². The first-order chi connectivity index (χ1) is 9.40. The average Bonchev–Trinajstić information content (AvgIpc) is 2.42. The molecule has 0 heterocycles. The zero-order valence-corrected chi connectivity index (χ0v) is 13.7. The highest BCUT2D eigenvalue weighted by Gasteiger charge is 2.15. The molecule has 1 aromatic carbocycles. The van der Waals surface area contributed by atoms with E-state index in [0.29, 0.717) is 17.5 Å². The minimum Gasteiger partial charge on any atom is -0.465 e. The van der Waals surface area contributed by atoms with E-state index in [1.165, 1.54) is 0 Å². The molecule has 5 heteroatoms. The fourth-order valence-corrected chi connectivity index (χ4v) is 2.42. The first-order valence-corrected chi connectivity index (χ1v) is 8.02. The van der Waals surface area contributed by atoms with Gasteiger partial charge in [0.15, 0.2) is 0 Å². The molecular weight excluding hydrogens is 290 g/mol. The second-order valence-electron chi connectivity index (χ2n) is 5.04. The van der Waals surface area contributed by atoms with Crippen molar-refractivity contribution in [3.63, 3.8) is 0 Å². The number of carbonyl (C=O) groups is 1. The minimum absolute atomic E-state index is 0.158. The van der Waals surface area contributed by atoms with Crippen molar-refractivity contribution >= 4 is 34.9 Å². The van der Waals surface area contributed by atoms with Crippen LogP contribution in [0.15, 0.2) is 24.3 Å². The standard InChI is InChI=1S/C15H21NO2S2/c1-10(2)8-18-15(17)11(3)20-9-12-5-4-6-13(7-12)14(16)19/h4-7,10-11H,8-9H2,1-3H3,(H2,16,19). The number of thiocarbonyl (C=S) groups is 1. The Bertz CT molecular complexity index is 475. The van der Waals surface area contributed by atoms with E-state index in [0.717, 1.165) is 16.9 Å². The SMILES string of the molecule is CC(C)COC(=O)C(C)SCc1cccc(C(N)=S)c1. The molecule has 1 atom stereocenters. The molecule has 110 valence electrons. The van der Waals surface area contributed by atoms with Crippen LogP contribution in [0.3, 0.4) is 0 Å². The summed E-state index contributed by atoms with van der Waals surface area (Å²) in [6, 6.07) is 7.77. The van der Waals surface area contributed by atoms with E-state index >= 15 is 0 Å². The molecule has 0 fully saturated rings. The second kappa shape index (κ2) is 8.27. The summed E-state index contributed by atoms with van der Waals surface area (Å²) in [6.45, 7) is 6.38. The third-order valence-electron chi connectivity index (χ3n) is 2.60. The highest BCUT2D eigenvalue weighted by molar-refractivity contribution is 7.99.